The molecule has 0 aliphatic carbocycles. The van der Waals surface area contributed by atoms with Crippen molar-refractivity contribution in [1.82, 2.24) is 10.3 Å². The molecule has 0 aliphatic rings. The van der Waals surface area contributed by atoms with Gasteiger partial charge < -0.3 is 10.1 Å². The molecule has 0 amide bonds. The lowest BCUT2D eigenvalue weighted by Crippen LogP contribution is -2.18. The first-order valence-electron chi connectivity index (χ1n) is 6.50. The Hall–Kier alpha value is -0.590. The molecule has 0 aliphatic heterocycles. The molecular formula is C13H22F2N2OS. The fraction of sp³-hybridized carbons (Fsp3) is 0.769. The van der Waals surface area contributed by atoms with E-state index in [9.17, 15) is 8.78 Å². The maximum atomic E-state index is 11.9. The summed E-state index contributed by atoms with van der Waals surface area (Å²) in [5, 5.41) is 4.33. The number of thiazole rings is 1. The fourth-order valence-corrected chi connectivity index (χ4v) is 2.59. The Labute approximate surface area is 117 Å². The number of ether oxygens (including phenoxy) is 1. The zero-order valence-corrected chi connectivity index (χ0v) is 12.5. The van der Waals surface area contributed by atoms with E-state index < -0.39 is 13.0 Å². The van der Waals surface area contributed by atoms with Gasteiger partial charge in [0, 0.05) is 17.8 Å². The molecule has 0 saturated carbocycles. The maximum Gasteiger partial charge on any atom is 0.261 e. The van der Waals surface area contributed by atoms with Crippen molar-refractivity contribution in [2.75, 3.05) is 19.8 Å². The predicted molar refractivity (Wildman–Crippen MR) is 73.9 cm³/mol. The van der Waals surface area contributed by atoms with Crippen molar-refractivity contribution in [2.45, 2.75) is 40.2 Å². The summed E-state index contributed by atoms with van der Waals surface area (Å²) in [5.41, 5.74) is 1.02. The van der Waals surface area contributed by atoms with Gasteiger partial charge in [-0.25, -0.2) is 13.8 Å². The lowest BCUT2D eigenvalue weighted by Gasteiger charge is -2.05. The summed E-state index contributed by atoms with van der Waals surface area (Å²) in [4.78, 5) is 5.65. The molecule has 3 nitrogen and oxygen atoms in total. The van der Waals surface area contributed by atoms with Gasteiger partial charge in [0.2, 0.25) is 0 Å². The van der Waals surface area contributed by atoms with Gasteiger partial charge >= 0.3 is 0 Å². The second kappa shape index (κ2) is 8.55. The van der Waals surface area contributed by atoms with E-state index in [0.717, 1.165) is 23.8 Å². The molecule has 1 rings (SSSR count). The minimum absolute atomic E-state index is 0.302. The standard InChI is InChI=1S/C13H22F2N2OS/c1-9(2)6-16-7-11-10(3)17-13(19-11)4-5-18-8-12(14)15/h9,12,16H,4-8H2,1-3H3. The quantitative estimate of drug-likeness (QED) is 0.710. The van der Waals surface area contributed by atoms with Crippen LogP contribution < -0.4 is 5.32 Å². The van der Waals surface area contributed by atoms with Crippen LogP contribution in [0.2, 0.25) is 0 Å². The summed E-state index contributed by atoms with van der Waals surface area (Å²) in [6, 6.07) is 0. The third kappa shape index (κ3) is 6.94. The highest BCUT2D eigenvalue weighted by Gasteiger charge is 2.08. The molecule has 0 spiro atoms. The van der Waals surface area contributed by atoms with Crippen molar-refractivity contribution in [3.63, 3.8) is 0 Å². The molecule has 110 valence electrons. The molecule has 0 unspecified atom stereocenters. The number of aryl methyl sites for hydroxylation is 1. The average Bonchev–Trinajstić information content (AvgIpc) is 2.65. The van der Waals surface area contributed by atoms with Crippen LogP contribution in [0.1, 0.15) is 29.4 Å². The van der Waals surface area contributed by atoms with Crippen molar-refractivity contribution in [3.8, 4) is 0 Å². The monoisotopic (exact) mass is 292 g/mol. The van der Waals surface area contributed by atoms with Gasteiger partial charge in [-0.2, -0.15) is 0 Å². The number of halogens is 2. The highest BCUT2D eigenvalue weighted by atomic mass is 32.1. The van der Waals surface area contributed by atoms with Crippen LogP contribution in [0.5, 0.6) is 0 Å². The van der Waals surface area contributed by atoms with Gasteiger partial charge in [0.1, 0.15) is 6.61 Å². The van der Waals surface area contributed by atoms with Crippen LogP contribution >= 0.6 is 11.3 Å². The summed E-state index contributed by atoms with van der Waals surface area (Å²) in [7, 11) is 0. The second-order valence-electron chi connectivity index (χ2n) is 4.86. The van der Waals surface area contributed by atoms with Crippen molar-refractivity contribution in [2.24, 2.45) is 5.92 Å². The van der Waals surface area contributed by atoms with Crippen LogP contribution in [-0.4, -0.2) is 31.2 Å². The number of nitrogens with one attached hydrogen (secondary N) is 1. The van der Waals surface area contributed by atoms with E-state index >= 15 is 0 Å². The Balaban J connectivity index is 2.32. The Morgan fingerprint density at radius 2 is 2.11 bits per heavy atom. The van der Waals surface area contributed by atoms with Crippen LogP contribution in [0.25, 0.3) is 0 Å². The molecule has 1 N–H and O–H groups in total. The Kier molecular flexibility index (Phi) is 7.41. The molecule has 1 heterocycles. The van der Waals surface area contributed by atoms with Gasteiger partial charge in [-0.15, -0.1) is 11.3 Å². The molecule has 0 saturated heterocycles. The molecule has 0 bridgehead atoms. The van der Waals surface area contributed by atoms with E-state index in [1.54, 1.807) is 11.3 Å². The number of nitrogens with zero attached hydrogens (tertiary/aromatic N) is 1. The number of aromatic nitrogens is 1. The first-order valence-corrected chi connectivity index (χ1v) is 7.32. The summed E-state index contributed by atoms with van der Waals surface area (Å²) in [5.74, 6) is 0.621. The van der Waals surface area contributed by atoms with E-state index in [0.29, 0.717) is 18.9 Å². The van der Waals surface area contributed by atoms with Crippen LogP contribution in [-0.2, 0) is 17.7 Å². The summed E-state index contributed by atoms with van der Waals surface area (Å²) < 4.78 is 28.6. The first kappa shape index (κ1) is 16.5. The van der Waals surface area contributed by atoms with E-state index in [1.807, 2.05) is 6.92 Å². The molecule has 0 atom stereocenters. The topological polar surface area (TPSA) is 34.1 Å². The molecule has 0 radical (unpaired) electrons. The average molecular weight is 292 g/mol. The zero-order valence-electron chi connectivity index (χ0n) is 11.7. The molecule has 19 heavy (non-hydrogen) atoms. The molecule has 1 aromatic rings. The number of hydrogen-bond donors (Lipinski definition) is 1. The van der Waals surface area contributed by atoms with E-state index in [-0.39, 0.29) is 0 Å². The molecular weight excluding hydrogens is 270 g/mol. The summed E-state index contributed by atoms with van der Waals surface area (Å²) in [6.45, 7) is 7.91. The minimum atomic E-state index is -2.39. The lowest BCUT2D eigenvalue weighted by atomic mass is 10.2. The van der Waals surface area contributed by atoms with E-state index in [1.165, 1.54) is 4.88 Å². The van der Waals surface area contributed by atoms with Crippen molar-refractivity contribution in [1.29, 1.82) is 0 Å². The second-order valence-corrected chi connectivity index (χ2v) is 6.03. The summed E-state index contributed by atoms with van der Waals surface area (Å²) >= 11 is 1.63. The highest BCUT2D eigenvalue weighted by molar-refractivity contribution is 7.11. The van der Waals surface area contributed by atoms with Crippen LogP contribution in [0.3, 0.4) is 0 Å². The Bertz CT molecular complexity index is 370. The predicted octanol–water partition coefficient (Wildman–Crippen LogP) is 3.02. The third-order valence-corrected chi connectivity index (χ3v) is 3.70. The highest BCUT2D eigenvalue weighted by Crippen LogP contribution is 2.18. The van der Waals surface area contributed by atoms with Gasteiger partial charge in [-0.05, 0) is 19.4 Å². The Morgan fingerprint density at radius 3 is 2.74 bits per heavy atom. The van der Waals surface area contributed by atoms with Crippen LogP contribution in [0.15, 0.2) is 0 Å². The van der Waals surface area contributed by atoms with Gasteiger partial charge in [-0.3, -0.25) is 0 Å². The number of rotatable bonds is 9. The number of hydrogen-bond acceptors (Lipinski definition) is 4. The molecule has 0 fully saturated rings. The van der Waals surface area contributed by atoms with Gasteiger partial charge in [0.15, 0.2) is 0 Å². The van der Waals surface area contributed by atoms with Gasteiger partial charge in [0.25, 0.3) is 6.43 Å². The van der Waals surface area contributed by atoms with E-state index in [4.69, 9.17) is 4.74 Å². The lowest BCUT2D eigenvalue weighted by molar-refractivity contribution is 0.0187. The normalized spacial score (nSPS) is 11.7. The SMILES string of the molecule is Cc1nc(CCOCC(F)F)sc1CNCC(C)C. The maximum absolute atomic E-state index is 11.9. The van der Waals surface area contributed by atoms with E-state index in [2.05, 4.69) is 24.1 Å². The van der Waals surface area contributed by atoms with Crippen molar-refractivity contribution >= 4 is 11.3 Å². The molecule has 1 aromatic heterocycles. The minimum Gasteiger partial charge on any atom is -0.375 e. The fourth-order valence-electron chi connectivity index (χ4n) is 1.57. The largest absolute Gasteiger partial charge is 0.375 e. The number of alkyl halides is 2. The van der Waals surface area contributed by atoms with Crippen LogP contribution in [0.4, 0.5) is 8.78 Å². The smallest absolute Gasteiger partial charge is 0.261 e. The summed E-state index contributed by atoms with van der Waals surface area (Å²) in [6.07, 6.45) is -1.79. The third-order valence-electron chi connectivity index (χ3n) is 2.48. The zero-order chi connectivity index (χ0) is 14.3. The van der Waals surface area contributed by atoms with Gasteiger partial charge in [0.05, 0.1) is 17.3 Å². The van der Waals surface area contributed by atoms with Crippen molar-refractivity contribution in [3.05, 3.63) is 15.6 Å². The van der Waals surface area contributed by atoms with Crippen LogP contribution in [0, 0.1) is 12.8 Å². The van der Waals surface area contributed by atoms with Crippen molar-refractivity contribution < 1.29 is 13.5 Å². The Morgan fingerprint density at radius 1 is 1.37 bits per heavy atom. The first-order chi connectivity index (χ1) is 8.99. The molecule has 6 heteroatoms. The molecule has 0 aromatic carbocycles. The van der Waals surface area contributed by atoms with Gasteiger partial charge in [-0.1, -0.05) is 13.8 Å².